The van der Waals surface area contributed by atoms with Crippen LogP contribution in [0.3, 0.4) is 0 Å². The summed E-state index contributed by atoms with van der Waals surface area (Å²) in [6.07, 6.45) is 4.14. The van der Waals surface area contributed by atoms with Gasteiger partial charge in [0.15, 0.2) is 12.4 Å². The maximum absolute atomic E-state index is 2.14. The van der Waals surface area contributed by atoms with E-state index in [1.54, 1.807) is 0 Å². The molecule has 0 amide bonds. The third-order valence-electron chi connectivity index (χ3n) is 1.83. The van der Waals surface area contributed by atoms with Crippen molar-refractivity contribution in [2.45, 2.75) is 13.8 Å². The maximum atomic E-state index is 2.14. The average molecular weight is 151 g/mol. The summed E-state index contributed by atoms with van der Waals surface area (Å²) in [6.45, 7) is 5.25. The quantitative estimate of drug-likeness (QED) is 0.569. The van der Waals surface area contributed by atoms with E-state index in [4.69, 9.17) is 0 Å². The van der Waals surface area contributed by atoms with E-state index in [9.17, 15) is 0 Å². The molecule has 0 bridgehead atoms. The molecule has 2 nitrogen and oxygen atoms in total. The number of hydrogen-bond donors (Lipinski definition) is 0. The molecule has 0 radical (unpaired) electrons. The van der Waals surface area contributed by atoms with Crippen LogP contribution in [-0.4, -0.2) is 13.6 Å². The van der Waals surface area contributed by atoms with Crippen molar-refractivity contribution < 1.29 is 4.68 Å². The lowest BCUT2D eigenvalue weighted by Crippen LogP contribution is -2.54. The SMILES string of the molecule is CCN(C)[n+]1ccc(C)cc1. The van der Waals surface area contributed by atoms with Crippen LogP contribution in [0.5, 0.6) is 0 Å². The Balaban J connectivity index is 2.81. The molecule has 0 saturated carbocycles. The summed E-state index contributed by atoms with van der Waals surface area (Å²) in [4.78, 5) is 0. The maximum Gasteiger partial charge on any atom is 0.199 e. The summed E-state index contributed by atoms with van der Waals surface area (Å²) in [6, 6.07) is 4.21. The first kappa shape index (κ1) is 8.05. The lowest BCUT2D eigenvalue weighted by atomic mass is 10.3. The Labute approximate surface area is 68.1 Å². The third kappa shape index (κ3) is 1.93. The van der Waals surface area contributed by atoms with Crippen molar-refractivity contribution in [1.29, 1.82) is 0 Å². The van der Waals surface area contributed by atoms with E-state index < -0.39 is 0 Å². The van der Waals surface area contributed by atoms with Crippen LogP contribution in [0.4, 0.5) is 0 Å². The van der Waals surface area contributed by atoms with Gasteiger partial charge in [-0.25, -0.2) is 0 Å². The predicted molar refractivity (Wildman–Crippen MR) is 46.1 cm³/mol. The van der Waals surface area contributed by atoms with Gasteiger partial charge in [-0.2, -0.15) is 5.01 Å². The number of aryl methyl sites for hydroxylation is 1. The highest BCUT2D eigenvalue weighted by molar-refractivity contribution is 5.03. The van der Waals surface area contributed by atoms with Crippen molar-refractivity contribution in [1.82, 2.24) is 0 Å². The molecule has 60 valence electrons. The van der Waals surface area contributed by atoms with E-state index in [1.807, 2.05) is 0 Å². The van der Waals surface area contributed by atoms with Crippen LogP contribution in [0.15, 0.2) is 24.5 Å². The molecule has 0 N–H and O–H groups in total. The molecule has 0 fully saturated rings. The van der Waals surface area contributed by atoms with E-state index >= 15 is 0 Å². The summed E-state index contributed by atoms with van der Waals surface area (Å²) in [5.74, 6) is 0. The summed E-state index contributed by atoms with van der Waals surface area (Å²) in [5, 5.41) is 2.14. The molecule has 0 aliphatic carbocycles. The highest BCUT2D eigenvalue weighted by Crippen LogP contribution is 1.89. The van der Waals surface area contributed by atoms with E-state index in [1.165, 1.54) is 5.56 Å². The van der Waals surface area contributed by atoms with Gasteiger partial charge in [-0.1, -0.05) is 4.68 Å². The van der Waals surface area contributed by atoms with E-state index in [-0.39, 0.29) is 0 Å². The molecule has 0 unspecified atom stereocenters. The van der Waals surface area contributed by atoms with Crippen LogP contribution in [-0.2, 0) is 0 Å². The van der Waals surface area contributed by atoms with Crippen LogP contribution in [0.2, 0.25) is 0 Å². The Bertz CT molecular complexity index is 216. The molecular formula is C9H15N2+. The second-order valence-electron chi connectivity index (χ2n) is 2.73. The minimum absolute atomic E-state index is 1.02. The Morgan fingerprint density at radius 1 is 1.36 bits per heavy atom. The molecule has 0 aromatic carbocycles. The van der Waals surface area contributed by atoms with Crippen LogP contribution < -0.4 is 9.69 Å². The van der Waals surface area contributed by atoms with E-state index in [0.717, 1.165) is 6.54 Å². The van der Waals surface area contributed by atoms with Gasteiger partial charge in [0.2, 0.25) is 0 Å². The summed E-state index contributed by atoms with van der Waals surface area (Å²) in [5.41, 5.74) is 1.30. The number of nitrogens with zero attached hydrogens (tertiary/aromatic N) is 2. The lowest BCUT2D eigenvalue weighted by molar-refractivity contribution is -0.690. The first-order valence-corrected chi connectivity index (χ1v) is 3.93. The molecule has 11 heavy (non-hydrogen) atoms. The summed E-state index contributed by atoms with van der Waals surface area (Å²) in [7, 11) is 2.06. The molecule has 0 aliphatic heterocycles. The van der Waals surface area contributed by atoms with Gasteiger partial charge in [0.1, 0.15) is 0 Å². The molecule has 1 heterocycles. The Kier molecular flexibility index (Phi) is 2.47. The van der Waals surface area contributed by atoms with Gasteiger partial charge < -0.3 is 0 Å². The number of hydrogen-bond acceptors (Lipinski definition) is 1. The second kappa shape index (κ2) is 3.37. The molecule has 0 spiro atoms. The summed E-state index contributed by atoms with van der Waals surface area (Å²) < 4.78 is 2.08. The summed E-state index contributed by atoms with van der Waals surface area (Å²) >= 11 is 0. The fourth-order valence-corrected chi connectivity index (χ4v) is 0.884. The normalized spacial score (nSPS) is 9.73. The molecular weight excluding hydrogens is 136 g/mol. The van der Waals surface area contributed by atoms with Gasteiger partial charge >= 0.3 is 0 Å². The smallest absolute Gasteiger partial charge is 0.184 e. The van der Waals surface area contributed by atoms with E-state index in [0.29, 0.717) is 0 Å². The zero-order chi connectivity index (χ0) is 8.27. The topological polar surface area (TPSA) is 7.12 Å². The molecule has 0 saturated heterocycles. The molecule has 2 heteroatoms. The predicted octanol–water partition coefficient (Wildman–Crippen LogP) is 0.870. The van der Waals surface area contributed by atoms with Gasteiger partial charge in [0.05, 0.1) is 13.6 Å². The average Bonchev–Trinajstić information content (AvgIpc) is 2.05. The van der Waals surface area contributed by atoms with Crippen LogP contribution in [0.25, 0.3) is 0 Å². The highest BCUT2D eigenvalue weighted by atomic mass is 15.5. The van der Waals surface area contributed by atoms with Gasteiger partial charge in [-0.15, -0.1) is 0 Å². The van der Waals surface area contributed by atoms with Crippen molar-refractivity contribution in [2.24, 2.45) is 0 Å². The van der Waals surface area contributed by atoms with Crippen LogP contribution in [0.1, 0.15) is 12.5 Å². The lowest BCUT2D eigenvalue weighted by Gasteiger charge is -2.08. The fourth-order valence-electron chi connectivity index (χ4n) is 0.884. The Hall–Kier alpha value is -1.05. The van der Waals surface area contributed by atoms with Crippen molar-refractivity contribution in [3.63, 3.8) is 0 Å². The van der Waals surface area contributed by atoms with Crippen LogP contribution >= 0.6 is 0 Å². The third-order valence-corrected chi connectivity index (χ3v) is 1.83. The molecule has 0 atom stereocenters. The fraction of sp³-hybridized carbons (Fsp3) is 0.444. The Morgan fingerprint density at radius 3 is 2.36 bits per heavy atom. The monoisotopic (exact) mass is 151 g/mol. The number of rotatable bonds is 2. The standard InChI is InChI=1S/C9H15N2/c1-4-10(3)11-7-5-9(2)6-8-11/h5-8H,4H2,1-3H3/q+1. The van der Waals surface area contributed by atoms with Crippen LogP contribution in [0, 0.1) is 6.92 Å². The van der Waals surface area contributed by atoms with Gasteiger partial charge in [0, 0.05) is 12.1 Å². The van der Waals surface area contributed by atoms with Gasteiger partial charge in [-0.3, -0.25) is 0 Å². The molecule has 1 rings (SSSR count). The second-order valence-corrected chi connectivity index (χ2v) is 2.73. The zero-order valence-corrected chi connectivity index (χ0v) is 7.41. The molecule has 0 aliphatic rings. The Morgan fingerprint density at radius 2 is 1.91 bits per heavy atom. The first-order valence-electron chi connectivity index (χ1n) is 3.93. The largest absolute Gasteiger partial charge is 0.199 e. The van der Waals surface area contributed by atoms with Crippen molar-refractivity contribution in [3.05, 3.63) is 30.1 Å². The first-order chi connectivity index (χ1) is 5.24. The van der Waals surface area contributed by atoms with Crippen molar-refractivity contribution >= 4 is 0 Å². The van der Waals surface area contributed by atoms with Gasteiger partial charge in [-0.05, 0) is 19.4 Å². The van der Waals surface area contributed by atoms with Crippen molar-refractivity contribution in [3.8, 4) is 0 Å². The highest BCUT2D eigenvalue weighted by Gasteiger charge is 2.01. The molecule has 1 aromatic heterocycles. The number of pyridine rings is 1. The van der Waals surface area contributed by atoms with E-state index in [2.05, 4.69) is 55.1 Å². The zero-order valence-electron chi connectivity index (χ0n) is 7.41. The van der Waals surface area contributed by atoms with Crippen molar-refractivity contribution in [2.75, 3.05) is 18.6 Å². The number of aromatic nitrogens is 1. The van der Waals surface area contributed by atoms with Gasteiger partial charge in [0.25, 0.3) is 0 Å². The molecule has 1 aromatic rings. The minimum atomic E-state index is 1.02. The minimum Gasteiger partial charge on any atom is -0.184 e.